The molecule has 0 bridgehead atoms. The fraction of sp³-hybridized carbons (Fsp3) is 0.333. The number of nitrogens with zero attached hydrogens (tertiary/aromatic N) is 2. The predicted octanol–water partition coefficient (Wildman–Crippen LogP) is 2.30. The number of likely N-dealkylation sites (N-methyl/N-ethyl adjacent to an activating group) is 1. The van der Waals surface area contributed by atoms with E-state index in [-0.39, 0.29) is 5.78 Å². The molecule has 3 heteroatoms. The zero-order chi connectivity index (χ0) is 11.4. The number of anilines is 1. The third-order valence-corrected chi connectivity index (χ3v) is 2.05. The van der Waals surface area contributed by atoms with Crippen LogP contribution in [0.4, 0.5) is 5.82 Å². The Balaban J connectivity index is 2.89. The summed E-state index contributed by atoms with van der Waals surface area (Å²) < 4.78 is 0. The maximum Gasteiger partial charge on any atom is 0.159 e. The maximum atomic E-state index is 11.2. The highest BCUT2D eigenvalue weighted by Gasteiger charge is 2.05. The van der Waals surface area contributed by atoms with Gasteiger partial charge in [-0.2, -0.15) is 0 Å². The molecule has 15 heavy (non-hydrogen) atoms. The van der Waals surface area contributed by atoms with Crippen molar-refractivity contribution in [2.24, 2.45) is 0 Å². The Labute approximate surface area is 90.4 Å². The van der Waals surface area contributed by atoms with E-state index in [9.17, 15) is 4.79 Å². The van der Waals surface area contributed by atoms with Gasteiger partial charge in [0.1, 0.15) is 5.82 Å². The van der Waals surface area contributed by atoms with Crippen molar-refractivity contribution in [1.29, 1.82) is 0 Å². The lowest BCUT2D eigenvalue weighted by atomic mass is 10.2. The SMILES string of the molecule is C=C(C)CN(C)c1cc(C(C)=O)ccn1. The number of Topliss-reactive ketones (excluding diaryl/α,β-unsaturated/α-hetero) is 1. The van der Waals surface area contributed by atoms with Gasteiger partial charge < -0.3 is 4.90 Å². The number of aromatic nitrogens is 1. The highest BCUT2D eigenvalue weighted by molar-refractivity contribution is 5.94. The largest absolute Gasteiger partial charge is 0.356 e. The average Bonchev–Trinajstić information content (AvgIpc) is 2.17. The topological polar surface area (TPSA) is 33.2 Å². The van der Waals surface area contributed by atoms with Crippen LogP contribution < -0.4 is 4.90 Å². The first-order valence-electron chi connectivity index (χ1n) is 4.83. The normalized spacial score (nSPS) is 9.80. The van der Waals surface area contributed by atoms with Gasteiger partial charge in [0.25, 0.3) is 0 Å². The first-order chi connectivity index (χ1) is 7.00. The third kappa shape index (κ3) is 3.20. The van der Waals surface area contributed by atoms with Gasteiger partial charge in [-0.05, 0) is 26.0 Å². The Kier molecular flexibility index (Phi) is 3.61. The van der Waals surface area contributed by atoms with Crippen LogP contribution in [0.25, 0.3) is 0 Å². The summed E-state index contributed by atoms with van der Waals surface area (Å²) in [7, 11) is 1.93. The second kappa shape index (κ2) is 4.73. The van der Waals surface area contributed by atoms with Gasteiger partial charge >= 0.3 is 0 Å². The first kappa shape index (κ1) is 11.4. The minimum atomic E-state index is 0.0578. The van der Waals surface area contributed by atoms with Gasteiger partial charge in [-0.25, -0.2) is 4.98 Å². The summed E-state index contributed by atoms with van der Waals surface area (Å²) in [6, 6.07) is 3.52. The molecule has 0 aliphatic rings. The van der Waals surface area contributed by atoms with Gasteiger partial charge in [0.15, 0.2) is 5.78 Å². The summed E-state index contributed by atoms with van der Waals surface area (Å²) in [5.41, 5.74) is 1.75. The summed E-state index contributed by atoms with van der Waals surface area (Å²) >= 11 is 0. The molecule has 0 amide bonds. The summed E-state index contributed by atoms with van der Waals surface area (Å²) in [6.07, 6.45) is 1.65. The number of rotatable bonds is 4. The van der Waals surface area contributed by atoms with Crippen LogP contribution in [0, 0.1) is 0 Å². The van der Waals surface area contributed by atoms with E-state index in [1.807, 2.05) is 18.9 Å². The molecule has 3 nitrogen and oxygen atoms in total. The summed E-state index contributed by atoms with van der Waals surface area (Å²) in [5.74, 6) is 0.855. The number of ketones is 1. The number of hydrogen-bond donors (Lipinski definition) is 0. The minimum absolute atomic E-state index is 0.0578. The van der Waals surface area contributed by atoms with Gasteiger partial charge in [0.2, 0.25) is 0 Å². The molecule has 1 aromatic heterocycles. The number of pyridine rings is 1. The van der Waals surface area contributed by atoms with E-state index < -0.39 is 0 Å². The monoisotopic (exact) mass is 204 g/mol. The molecule has 0 fully saturated rings. The van der Waals surface area contributed by atoms with Crippen molar-refractivity contribution in [3.8, 4) is 0 Å². The molecule has 0 aromatic carbocycles. The average molecular weight is 204 g/mol. The van der Waals surface area contributed by atoms with Crippen molar-refractivity contribution >= 4 is 11.6 Å². The third-order valence-electron chi connectivity index (χ3n) is 2.05. The van der Waals surface area contributed by atoms with E-state index in [0.29, 0.717) is 5.56 Å². The zero-order valence-corrected chi connectivity index (χ0v) is 9.45. The Morgan fingerprint density at radius 1 is 1.53 bits per heavy atom. The highest BCUT2D eigenvalue weighted by Crippen LogP contribution is 2.12. The fourth-order valence-electron chi connectivity index (χ4n) is 1.33. The molecule has 0 spiro atoms. The van der Waals surface area contributed by atoms with Crippen molar-refractivity contribution in [2.75, 3.05) is 18.5 Å². The molecule has 1 rings (SSSR count). The lowest BCUT2D eigenvalue weighted by Gasteiger charge is -2.18. The quantitative estimate of drug-likeness (QED) is 0.557. The smallest absolute Gasteiger partial charge is 0.159 e. The van der Waals surface area contributed by atoms with Gasteiger partial charge in [-0.15, -0.1) is 0 Å². The van der Waals surface area contributed by atoms with E-state index >= 15 is 0 Å². The van der Waals surface area contributed by atoms with E-state index in [1.54, 1.807) is 25.3 Å². The highest BCUT2D eigenvalue weighted by atomic mass is 16.1. The van der Waals surface area contributed by atoms with Crippen molar-refractivity contribution in [3.63, 3.8) is 0 Å². The van der Waals surface area contributed by atoms with Crippen molar-refractivity contribution in [1.82, 2.24) is 4.98 Å². The molecule has 1 aromatic rings. The molecule has 0 aliphatic carbocycles. The predicted molar refractivity (Wildman–Crippen MR) is 62.3 cm³/mol. The molecule has 0 atom stereocenters. The molecule has 0 unspecified atom stereocenters. The molecule has 0 saturated heterocycles. The lowest BCUT2D eigenvalue weighted by molar-refractivity contribution is 0.101. The Hall–Kier alpha value is -1.64. The van der Waals surface area contributed by atoms with Crippen LogP contribution in [0.1, 0.15) is 24.2 Å². The van der Waals surface area contributed by atoms with Gasteiger partial charge in [0.05, 0.1) is 0 Å². The van der Waals surface area contributed by atoms with Crippen LogP contribution in [-0.4, -0.2) is 24.4 Å². The summed E-state index contributed by atoms with van der Waals surface area (Å²) in [4.78, 5) is 17.4. The van der Waals surface area contributed by atoms with Crippen LogP contribution in [0.2, 0.25) is 0 Å². The first-order valence-corrected chi connectivity index (χ1v) is 4.83. The molecular weight excluding hydrogens is 188 g/mol. The molecule has 0 N–H and O–H groups in total. The Morgan fingerprint density at radius 2 is 2.20 bits per heavy atom. The second-order valence-corrected chi connectivity index (χ2v) is 3.77. The van der Waals surface area contributed by atoms with Crippen LogP contribution >= 0.6 is 0 Å². The fourth-order valence-corrected chi connectivity index (χ4v) is 1.33. The summed E-state index contributed by atoms with van der Waals surface area (Å²) in [6.45, 7) is 8.10. The standard InChI is InChI=1S/C12H16N2O/c1-9(2)8-14(4)12-7-11(10(3)15)5-6-13-12/h5-7H,1,8H2,2-4H3. The molecule has 0 radical (unpaired) electrons. The van der Waals surface area contributed by atoms with E-state index in [1.165, 1.54) is 0 Å². The zero-order valence-electron chi connectivity index (χ0n) is 9.45. The molecule has 80 valence electrons. The van der Waals surface area contributed by atoms with E-state index in [0.717, 1.165) is 17.9 Å². The van der Waals surface area contributed by atoms with Crippen molar-refractivity contribution < 1.29 is 4.79 Å². The van der Waals surface area contributed by atoms with E-state index in [4.69, 9.17) is 0 Å². The van der Waals surface area contributed by atoms with Gasteiger partial charge in [0, 0.05) is 25.4 Å². The van der Waals surface area contributed by atoms with Crippen LogP contribution in [0.5, 0.6) is 0 Å². The Morgan fingerprint density at radius 3 is 2.73 bits per heavy atom. The molecule has 0 aliphatic heterocycles. The number of carbonyl (C=O) groups is 1. The minimum Gasteiger partial charge on any atom is -0.356 e. The summed E-state index contributed by atoms with van der Waals surface area (Å²) in [5, 5.41) is 0. The number of carbonyl (C=O) groups excluding carboxylic acids is 1. The van der Waals surface area contributed by atoms with Gasteiger partial charge in [-0.1, -0.05) is 12.2 Å². The number of hydrogen-bond acceptors (Lipinski definition) is 3. The Bertz CT molecular complexity index is 385. The maximum absolute atomic E-state index is 11.2. The molecular formula is C12H16N2O. The van der Waals surface area contributed by atoms with Crippen molar-refractivity contribution in [3.05, 3.63) is 36.0 Å². The molecule has 0 saturated carbocycles. The van der Waals surface area contributed by atoms with Gasteiger partial charge in [-0.3, -0.25) is 4.79 Å². The van der Waals surface area contributed by atoms with Crippen molar-refractivity contribution in [2.45, 2.75) is 13.8 Å². The van der Waals surface area contributed by atoms with E-state index in [2.05, 4.69) is 11.6 Å². The second-order valence-electron chi connectivity index (χ2n) is 3.77. The van der Waals surface area contributed by atoms with Crippen LogP contribution in [0.15, 0.2) is 30.5 Å². The molecule has 1 heterocycles. The lowest BCUT2D eigenvalue weighted by Crippen LogP contribution is -2.20. The van der Waals surface area contributed by atoms with Crippen LogP contribution in [0.3, 0.4) is 0 Å². The van der Waals surface area contributed by atoms with Crippen LogP contribution in [-0.2, 0) is 0 Å².